The molecule has 3 fully saturated rings. The van der Waals surface area contributed by atoms with Crippen LogP contribution in [-0.2, 0) is 23.7 Å². The molecule has 4 aliphatic heterocycles. The summed E-state index contributed by atoms with van der Waals surface area (Å²) in [6.45, 7) is 10.7. The fourth-order valence-electron chi connectivity index (χ4n) is 7.37. The second-order valence-electron chi connectivity index (χ2n) is 13.0. The molecule has 0 saturated carbocycles. The number of aliphatic hydroxyl groups excluding tert-OH is 1. The van der Waals surface area contributed by atoms with Crippen LogP contribution in [0.4, 0.5) is 0 Å². The number of hydrogen-bond acceptors (Lipinski definition) is 7. The van der Waals surface area contributed by atoms with E-state index in [1.807, 2.05) is 12.2 Å². The van der Waals surface area contributed by atoms with E-state index >= 15 is 0 Å². The Kier molecular flexibility index (Phi) is 8.80. The molecule has 5 rings (SSSR count). The van der Waals surface area contributed by atoms with Crippen LogP contribution in [0.5, 0.6) is 0 Å². The largest absolute Gasteiger partial charge is 0.462 e. The standard InChI is InChI=1S/C33H48O7/c1-6-8-28-22(4)13-14-32(40-28)18-26-17-25(39-32)12-11-21(3)15-20(2)9-7-10-24-19-37-30-29(34)23(5)16-27(31(35)38-26)33(24,30)36/h7,9-11,16,20,22,25-30,34,36H,6,8,12-15,17-19H2,1-5H3/b9-7+,21-11+,24-10+/t20-,22-,25+,26-,27-,28+,29+,30+,32+,33+/m0/s1. The summed E-state index contributed by atoms with van der Waals surface area (Å²) >= 11 is 0. The normalized spacial score (nSPS) is 47.8. The highest BCUT2D eigenvalue weighted by atomic mass is 16.7. The average molecular weight is 557 g/mol. The molecule has 7 nitrogen and oxygen atoms in total. The zero-order valence-corrected chi connectivity index (χ0v) is 24.8. The van der Waals surface area contributed by atoms with E-state index in [4.69, 9.17) is 18.9 Å². The molecule has 3 saturated heterocycles. The van der Waals surface area contributed by atoms with Crippen molar-refractivity contribution in [2.75, 3.05) is 6.61 Å². The SMILES string of the molecule is CCC[C@H]1O[C@]2(CC[C@@H]1C)C[C@@H]1C[C@@H](C/C=C(\C)C[C@@H](C)/C=C/C=C3\CO[C@@H]4[C@H](O)C(C)=C[C@@H](C(=O)O1)[C@]34O)O2. The van der Waals surface area contributed by atoms with Crippen molar-refractivity contribution < 1.29 is 34.0 Å². The molecule has 2 bridgehead atoms. The van der Waals surface area contributed by atoms with E-state index in [1.165, 1.54) is 5.57 Å². The molecular formula is C33H48O7. The molecule has 0 amide bonds. The van der Waals surface area contributed by atoms with E-state index in [0.717, 1.165) is 38.5 Å². The van der Waals surface area contributed by atoms with Gasteiger partial charge in [-0.2, -0.15) is 0 Å². The number of fused-ring (bicyclic) bond motifs is 2. The van der Waals surface area contributed by atoms with E-state index in [0.29, 0.717) is 29.9 Å². The Morgan fingerprint density at radius 3 is 2.73 bits per heavy atom. The maximum Gasteiger partial charge on any atom is 0.316 e. The number of carbonyl (C=O) groups is 1. The average Bonchev–Trinajstić information content (AvgIpc) is 3.24. The molecule has 0 aromatic carbocycles. The van der Waals surface area contributed by atoms with Crippen LogP contribution in [0.3, 0.4) is 0 Å². The molecule has 10 atom stereocenters. The van der Waals surface area contributed by atoms with Crippen molar-refractivity contribution in [3.8, 4) is 0 Å². The van der Waals surface area contributed by atoms with Gasteiger partial charge >= 0.3 is 5.97 Å². The van der Waals surface area contributed by atoms with Gasteiger partial charge in [0.1, 0.15) is 29.8 Å². The number of rotatable bonds is 2. The van der Waals surface area contributed by atoms with Gasteiger partial charge in [0, 0.05) is 19.3 Å². The molecule has 0 aromatic rings. The van der Waals surface area contributed by atoms with Crippen molar-refractivity contribution in [3.63, 3.8) is 0 Å². The molecule has 40 heavy (non-hydrogen) atoms. The third-order valence-corrected chi connectivity index (χ3v) is 9.67. The second-order valence-corrected chi connectivity index (χ2v) is 13.0. The lowest BCUT2D eigenvalue weighted by molar-refractivity contribution is -0.335. The lowest BCUT2D eigenvalue weighted by Gasteiger charge is -2.50. The minimum absolute atomic E-state index is 0.117. The van der Waals surface area contributed by atoms with Gasteiger partial charge in [-0.25, -0.2) is 0 Å². The Labute approximate surface area is 239 Å². The minimum Gasteiger partial charge on any atom is -0.462 e. The van der Waals surface area contributed by atoms with Gasteiger partial charge in [0.15, 0.2) is 5.79 Å². The van der Waals surface area contributed by atoms with Crippen LogP contribution in [0, 0.1) is 17.8 Å². The smallest absolute Gasteiger partial charge is 0.316 e. The molecular weight excluding hydrogens is 508 g/mol. The first kappa shape index (κ1) is 29.7. The molecule has 2 N–H and O–H groups in total. The molecule has 222 valence electrons. The van der Waals surface area contributed by atoms with Gasteiger partial charge in [-0.3, -0.25) is 4.79 Å². The predicted molar refractivity (Wildman–Crippen MR) is 152 cm³/mol. The van der Waals surface area contributed by atoms with Gasteiger partial charge in [-0.05, 0) is 62.5 Å². The van der Waals surface area contributed by atoms with Gasteiger partial charge in [0.05, 0.1) is 18.8 Å². The monoisotopic (exact) mass is 556 g/mol. The molecule has 1 aliphatic carbocycles. The number of allylic oxidation sites excluding steroid dienone is 4. The highest BCUT2D eigenvalue weighted by molar-refractivity contribution is 5.78. The maximum absolute atomic E-state index is 13.9. The molecule has 0 aromatic heterocycles. The van der Waals surface area contributed by atoms with Crippen LogP contribution in [0.25, 0.3) is 0 Å². The summed E-state index contributed by atoms with van der Waals surface area (Å²) in [5.74, 6) is -1.51. The van der Waals surface area contributed by atoms with Crippen LogP contribution >= 0.6 is 0 Å². The van der Waals surface area contributed by atoms with E-state index in [1.54, 1.807) is 13.0 Å². The number of esters is 1. The Balaban J connectivity index is 1.50. The van der Waals surface area contributed by atoms with Gasteiger partial charge in [-0.1, -0.05) is 63.1 Å². The van der Waals surface area contributed by atoms with Gasteiger partial charge in [0.2, 0.25) is 0 Å². The van der Waals surface area contributed by atoms with Gasteiger partial charge in [0.25, 0.3) is 0 Å². The molecule has 0 radical (unpaired) electrons. The van der Waals surface area contributed by atoms with E-state index < -0.39 is 41.6 Å². The third kappa shape index (κ3) is 5.78. The molecule has 7 heteroatoms. The van der Waals surface area contributed by atoms with E-state index in [-0.39, 0.29) is 24.7 Å². The third-order valence-electron chi connectivity index (χ3n) is 9.67. The van der Waals surface area contributed by atoms with Crippen LogP contribution < -0.4 is 0 Å². The number of hydrogen-bond donors (Lipinski definition) is 2. The van der Waals surface area contributed by atoms with Crippen molar-refractivity contribution in [3.05, 3.63) is 47.1 Å². The molecule has 1 spiro atoms. The first-order valence-corrected chi connectivity index (χ1v) is 15.3. The quantitative estimate of drug-likeness (QED) is 0.351. The van der Waals surface area contributed by atoms with Crippen LogP contribution in [0.15, 0.2) is 47.1 Å². The van der Waals surface area contributed by atoms with Crippen molar-refractivity contribution in [2.45, 2.75) is 128 Å². The summed E-state index contributed by atoms with van der Waals surface area (Å²) in [5.41, 5.74) is 0.792. The number of ether oxygens (including phenoxy) is 4. The zero-order valence-electron chi connectivity index (χ0n) is 24.8. The van der Waals surface area contributed by atoms with E-state index in [2.05, 4.69) is 39.8 Å². The molecule has 4 heterocycles. The predicted octanol–water partition coefficient (Wildman–Crippen LogP) is 5.31. The van der Waals surface area contributed by atoms with Crippen LogP contribution in [0.1, 0.15) is 86.0 Å². The number of aliphatic hydroxyl groups is 2. The van der Waals surface area contributed by atoms with Gasteiger partial charge in [-0.15, -0.1) is 0 Å². The maximum atomic E-state index is 13.9. The first-order chi connectivity index (χ1) is 19.0. The van der Waals surface area contributed by atoms with Crippen molar-refractivity contribution in [1.29, 1.82) is 0 Å². The summed E-state index contributed by atoms with van der Waals surface area (Å²) in [4.78, 5) is 13.9. The summed E-state index contributed by atoms with van der Waals surface area (Å²) in [5, 5.41) is 22.9. The number of carbonyl (C=O) groups excluding carboxylic acids is 1. The topological polar surface area (TPSA) is 94.5 Å². The van der Waals surface area contributed by atoms with E-state index in [9.17, 15) is 15.0 Å². The Morgan fingerprint density at radius 2 is 1.95 bits per heavy atom. The lowest BCUT2D eigenvalue weighted by Crippen LogP contribution is -2.58. The second kappa shape index (κ2) is 11.8. The summed E-state index contributed by atoms with van der Waals surface area (Å²) in [6, 6.07) is 0. The zero-order chi connectivity index (χ0) is 28.7. The Morgan fingerprint density at radius 1 is 1.15 bits per heavy atom. The summed E-state index contributed by atoms with van der Waals surface area (Å²) in [7, 11) is 0. The van der Waals surface area contributed by atoms with Gasteiger partial charge < -0.3 is 29.2 Å². The molecule has 5 aliphatic rings. The first-order valence-electron chi connectivity index (χ1n) is 15.3. The summed E-state index contributed by atoms with van der Waals surface area (Å²) in [6.07, 6.45) is 13.9. The van der Waals surface area contributed by atoms with Crippen molar-refractivity contribution >= 4 is 5.97 Å². The summed E-state index contributed by atoms with van der Waals surface area (Å²) < 4.78 is 25.6. The molecule has 0 unspecified atom stereocenters. The fourth-order valence-corrected chi connectivity index (χ4v) is 7.37. The highest BCUT2D eigenvalue weighted by Gasteiger charge is 2.60. The van der Waals surface area contributed by atoms with Crippen LogP contribution in [-0.4, -0.2) is 64.7 Å². The Bertz CT molecular complexity index is 1070. The fraction of sp³-hybridized carbons (Fsp3) is 0.727. The Hall–Kier alpha value is -1.77. The van der Waals surface area contributed by atoms with Crippen LogP contribution in [0.2, 0.25) is 0 Å². The minimum atomic E-state index is -1.68. The highest BCUT2D eigenvalue weighted by Crippen LogP contribution is 2.47. The van der Waals surface area contributed by atoms with Crippen molar-refractivity contribution in [2.24, 2.45) is 17.8 Å². The van der Waals surface area contributed by atoms with Crippen molar-refractivity contribution in [1.82, 2.24) is 0 Å². The lowest BCUT2D eigenvalue weighted by atomic mass is 9.71.